The summed E-state index contributed by atoms with van der Waals surface area (Å²) in [5.74, 6) is -0.465. The number of amides is 2. The molecule has 0 saturated heterocycles. The Morgan fingerprint density at radius 2 is 1.76 bits per heavy atom. The molecule has 1 unspecified atom stereocenters. The minimum atomic E-state index is -1.06. The van der Waals surface area contributed by atoms with Crippen LogP contribution in [0.3, 0.4) is 0 Å². The van der Waals surface area contributed by atoms with E-state index in [-0.39, 0.29) is 17.9 Å². The van der Waals surface area contributed by atoms with Crippen LogP contribution in [0.25, 0.3) is 0 Å². The maximum atomic E-state index is 12.2. The van der Waals surface area contributed by atoms with Gasteiger partial charge in [-0.2, -0.15) is 0 Å². The summed E-state index contributed by atoms with van der Waals surface area (Å²) in [4.78, 5) is 24.3. The Labute approximate surface area is 127 Å². The van der Waals surface area contributed by atoms with E-state index in [2.05, 4.69) is 10.6 Å². The van der Waals surface area contributed by atoms with Gasteiger partial charge in [-0.3, -0.25) is 9.59 Å². The molecule has 0 spiro atoms. The third kappa shape index (κ3) is 5.21. The average Bonchev–Trinajstić information content (AvgIpc) is 2.47. The van der Waals surface area contributed by atoms with Crippen molar-refractivity contribution in [2.24, 2.45) is 5.41 Å². The first-order valence-corrected chi connectivity index (χ1v) is 7.51. The van der Waals surface area contributed by atoms with E-state index >= 15 is 0 Å². The largest absolute Gasteiger partial charge is 0.355 e. The summed E-state index contributed by atoms with van der Waals surface area (Å²) >= 11 is 0. The number of rotatable bonds is 7. The zero-order chi connectivity index (χ0) is 15.9. The molecule has 4 heteroatoms. The quantitative estimate of drug-likeness (QED) is 0.757. The van der Waals surface area contributed by atoms with Gasteiger partial charge in [0.15, 0.2) is 0 Å². The van der Waals surface area contributed by atoms with Gasteiger partial charge in [0.2, 0.25) is 11.8 Å². The maximum Gasteiger partial charge on any atom is 0.235 e. The molecule has 0 saturated carbocycles. The number of nitrogens with one attached hydrogen (secondary N) is 2. The fraction of sp³-hybridized carbons (Fsp3) is 0.529. The predicted octanol–water partition coefficient (Wildman–Crippen LogP) is 2.29. The maximum absolute atomic E-state index is 12.2. The van der Waals surface area contributed by atoms with Crippen LogP contribution in [-0.2, 0) is 16.0 Å². The third-order valence-corrected chi connectivity index (χ3v) is 3.67. The van der Waals surface area contributed by atoms with E-state index in [1.807, 2.05) is 44.2 Å². The molecule has 1 aromatic rings. The molecule has 0 aliphatic carbocycles. The number of carbonyl (C=O) groups is 2. The van der Waals surface area contributed by atoms with E-state index in [9.17, 15) is 9.59 Å². The van der Waals surface area contributed by atoms with Gasteiger partial charge in [0.25, 0.3) is 0 Å². The molecule has 0 bridgehead atoms. The summed E-state index contributed by atoms with van der Waals surface area (Å²) < 4.78 is 0. The molecule has 21 heavy (non-hydrogen) atoms. The van der Waals surface area contributed by atoms with Crippen LogP contribution in [0.5, 0.6) is 0 Å². The van der Waals surface area contributed by atoms with Crippen LogP contribution in [0.4, 0.5) is 0 Å². The molecule has 1 atom stereocenters. The van der Waals surface area contributed by atoms with E-state index in [4.69, 9.17) is 0 Å². The van der Waals surface area contributed by atoms with Crippen molar-refractivity contribution in [3.63, 3.8) is 0 Å². The van der Waals surface area contributed by atoms with Crippen LogP contribution in [-0.4, -0.2) is 24.4 Å². The van der Waals surface area contributed by atoms with Crippen molar-refractivity contribution in [2.45, 2.75) is 46.6 Å². The van der Waals surface area contributed by atoms with Crippen molar-refractivity contribution < 1.29 is 9.59 Å². The number of hydrogen-bond donors (Lipinski definition) is 2. The van der Waals surface area contributed by atoms with Crippen LogP contribution in [0.2, 0.25) is 0 Å². The molecule has 1 aromatic carbocycles. The lowest BCUT2D eigenvalue weighted by atomic mass is 9.90. The van der Waals surface area contributed by atoms with Crippen molar-refractivity contribution in [2.75, 3.05) is 6.54 Å². The summed E-state index contributed by atoms with van der Waals surface area (Å²) in [6.07, 6.45) is 1.60. The van der Waals surface area contributed by atoms with Crippen LogP contribution >= 0.6 is 0 Å². The molecule has 0 aromatic heterocycles. The SMILES string of the molecule is CCC(C)NC(=O)C(C)(C)C(=O)NCCc1ccccc1. The minimum absolute atomic E-state index is 0.0777. The summed E-state index contributed by atoms with van der Waals surface area (Å²) in [6.45, 7) is 7.77. The van der Waals surface area contributed by atoms with Crippen molar-refractivity contribution in [3.8, 4) is 0 Å². The zero-order valence-electron chi connectivity index (χ0n) is 13.4. The van der Waals surface area contributed by atoms with Crippen molar-refractivity contribution >= 4 is 11.8 Å². The Morgan fingerprint density at radius 1 is 1.14 bits per heavy atom. The fourth-order valence-electron chi connectivity index (χ4n) is 1.80. The van der Waals surface area contributed by atoms with Gasteiger partial charge in [-0.25, -0.2) is 0 Å². The van der Waals surface area contributed by atoms with Crippen molar-refractivity contribution in [3.05, 3.63) is 35.9 Å². The molecule has 4 nitrogen and oxygen atoms in total. The highest BCUT2D eigenvalue weighted by atomic mass is 16.2. The first-order chi connectivity index (χ1) is 9.87. The highest BCUT2D eigenvalue weighted by molar-refractivity contribution is 6.04. The highest BCUT2D eigenvalue weighted by Gasteiger charge is 2.36. The van der Waals surface area contributed by atoms with Crippen molar-refractivity contribution in [1.29, 1.82) is 0 Å². The standard InChI is InChI=1S/C17H26N2O2/c1-5-13(2)19-16(21)17(3,4)15(20)18-12-11-14-9-7-6-8-10-14/h6-10,13H,5,11-12H2,1-4H3,(H,18,20)(H,19,21). The predicted molar refractivity (Wildman–Crippen MR) is 84.8 cm³/mol. The van der Waals surface area contributed by atoms with Gasteiger partial charge in [-0.15, -0.1) is 0 Å². The van der Waals surface area contributed by atoms with Gasteiger partial charge in [-0.1, -0.05) is 37.3 Å². The third-order valence-electron chi connectivity index (χ3n) is 3.67. The first-order valence-electron chi connectivity index (χ1n) is 7.51. The van der Waals surface area contributed by atoms with E-state index < -0.39 is 5.41 Å². The normalized spacial score (nSPS) is 12.6. The zero-order valence-corrected chi connectivity index (χ0v) is 13.4. The molecule has 0 aliphatic heterocycles. The van der Waals surface area contributed by atoms with Gasteiger partial charge < -0.3 is 10.6 Å². The lowest BCUT2D eigenvalue weighted by Crippen LogP contribution is -2.50. The molecule has 0 fully saturated rings. The van der Waals surface area contributed by atoms with E-state index in [1.54, 1.807) is 13.8 Å². The average molecular weight is 290 g/mol. The fourth-order valence-corrected chi connectivity index (χ4v) is 1.80. The smallest absolute Gasteiger partial charge is 0.235 e. The molecule has 2 amide bonds. The molecule has 2 N–H and O–H groups in total. The van der Waals surface area contributed by atoms with E-state index in [0.29, 0.717) is 6.54 Å². The van der Waals surface area contributed by atoms with Crippen LogP contribution in [0.1, 0.15) is 39.7 Å². The minimum Gasteiger partial charge on any atom is -0.355 e. The molecular weight excluding hydrogens is 264 g/mol. The molecule has 0 radical (unpaired) electrons. The van der Waals surface area contributed by atoms with Gasteiger partial charge in [0.05, 0.1) is 0 Å². The monoisotopic (exact) mass is 290 g/mol. The Hall–Kier alpha value is -1.84. The van der Waals surface area contributed by atoms with Crippen LogP contribution in [0, 0.1) is 5.41 Å². The number of hydrogen-bond acceptors (Lipinski definition) is 2. The Kier molecular flexibility index (Phi) is 6.40. The molecule has 0 aliphatic rings. The summed E-state index contributed by atoms with van der Waals surface area (Å²) in [7, 11) is 0. The Morgan fingerprint density at radius 3 is 2.33 bits per heavy atom. The van der Waals surface area contributed by atoms with E-state index in [1.165, 1.54) is 5.56 Å². The van der Waals surface area contributed by atoms with Gasteiger partial charge in [0.1, 0.15) is 5.41 Å². The van der Waals surface area contributed by atoms with Crippen LogP contribution in [0.15, 0.2) is 30.3 Å². The second-order valence-electron chi connectivity index (χ2n) is 5.90. The lowest BCUT2D eigenvalue weighted by Gasteiger charge is -2.24. The van der Waals surface area contributed by atoms with Crippen LogP contribution < -0.4 is 10.6 Å². The van der Waals surface area contributed by atoms with Gasteiger partial charge in [-0.05, 0) is 39.2 Å². The second-order valence-corrected chi connectivity index (χ2v) is 5.90. The second kappa shape index (κ2) is 7.81. The topological polar surface area (TPSA) is 58.2 Å². The number of carbonyl (C=O) groups excluding carboxylic acids is 2. The van der Waals surface area contributed by atoms with Crippen molar-refractivity contribution in [1.82, 2.24) is 10.6 Å². The molecular formula is C17H26N2O2. The summed E-state index contributed by atoms with van der Waals surface area (Å²) in [5.41, 5.74) is 0.111. The summed E-state index contributed by atoms with van der Waals surface area (Å²) in [6, 6.07) is 10.0. The lowest BCUT2D eigenvalue weighted by molar-refractivity contribution is -0.141. The van der Waals surface area contributed by atoms with Gasteiger partial charge in [0, 0.05) is 12.6 Å². The first kappa shape index (κ1) is 17.2. The number of benzene rings is 1. The molecule has 0 heterocycles. The molecule has 116 valence electrons. The highest BCUT2D eigenvalue weighted by Crippen LogP contribution is 2.16. The Balaban J connectivity index is 2.47. The Bertz CT molecular complexity index is 469. The molecule has 1 rings (SSSR count). The van der Waals surface area contributed by atoms with E-state index in [0.717, 1.165) is 12.8 Å². The summed E-state index contributed by atoms with van der Waals surface area (Å²) in [5, 5.41) is 5.70. The van der Waals surface area contributed by atoms with Gasteiger partial charge >= 0.3 is 0 Å².